The summed E-state index contributed by atoms with van der Waals surface area (Å²) in [6, 6.07) is 18.4. The lowest BCUT2D eigenvalue weighted by Gasteiger charge is -2.31. The van der Waals surface area contributed by atoms with Gasteiger partial charge < -0.3 is 19.4 Å². The van der Waals surface area contributed by atoms with Crippen LogP contribution < -0.4 is 9.64 Å². The third kappa shape index (κ3) is 6.61. The molecule has 1 aromatic heterocycles. The van der Waals surface area contributed by atoms with Crippen LogP contribution in [0.25, 0.3) is 11.3 Å². The van der Waals surface area contributed by atoms with E-state index >= 15 is 0 Å². The molecule has 2 aromatic carbocycles. The first-order valence-corrected chi connectivity index (χ1v) is 13.3. The molecule has 0 radical (unpaired) electrons. The van der Waals surface area contributed by atoms with E-state index in [4.69, 9.17) is 16.3 Å². The Morgan fingerprint density at radius 3 is 2.50 bits per heavy atom. The molecule has 9 heteroatoms. The standard InChI is InChI=1S/C29H34ClN5O3/c1-4-21(2)35(29(37)22-9-11-24(30)12-10-22)20-28(36)34-16-6-15-33(17-18-34)27-14-13-26(31-32-27)23-7-5-8-25(19-23)38-3/h5,7-14,19,21H,4,6,15-18,20H2,1-3H3/t21-/m1/s1. The number of methoxy groups -OCH3 is 1. The molecule has 1 aliphatic heterocycles. The lowest BCUT2D eigenvalue weighted by Crippen LogP contribution is -2.47. The van der Waals surface area contributed by atoms with Crippen LogP contribution in [-0.2, 0) is 4.79 Å². The van der Waals surface area contributed by atoms with E-state index in [0.29, 0.717) is 30.2 Å². The first-order chi connectivity index (χ1) is 18.4. The summed E-state index contributed by atoms with van der Waals surface area (Å²) in [6.45, 7) is 6.64. The Labute approximate surface area is 229 Å². The summed E-state index contributed by atoms with van der Waals surface area (Å²) in [5.74, 6) is 1.35. The summed E-state index contributed by atoms with van der Waals surface area (Å²) in [6.07, 6.45) is 1.56. The van der Waals surface area contributed by atoms with Crippen LogP contribution in [0.15, 0.2) is 60.7 Å². The van der Waals surface area contributed by atoms with Gasteiger partial charge in [-0.2, -0.15) is 0 Å². The van der Waals surface area contributed by atoms with E-state index in [1.165, 1.54) is 0 Å². The lowest BCUT2D eigenvalue weighted by atomic mass is 10.1. The van der Waals surface area contributed by atoms with E-state index < -0.39 is 0 Å². The van der Waals surface area contributed by atoms with Crippen molar-refractivity contribution < 1.29 is 14.3 Å². The van der Waals surface area contributed by atoms with Gasteiger partial charge in [-0.05, 0) is 68.3 Å². The highest BCUT2D eigenvalue weighted by Crippen LogP contribution is 2.23. The number of aromatic nitrogens is 2. The average Bonchev–Trinajstić information content (AvgIpc) is 3.22. The molecule has 200 valence electrons. The minimum absolute atomic E-state index is 0.0471. The predicted octanol–water partition coefficient (Wildman–Crippen LogP) is 4.79. The number of amides is 2. The van der Waals surface area contributed by atoms with E-state index in [1.54, 1.807) is 36.3 Å². The number of benzene rings is 2. The van der Waals surface area contributed by atoms with Crippen molar-refractivity contribution in [3.8, 4) is 17.0 Å². The number of rotatable bonds is 8. The Morgan fingerprint density at radius 1 is 1.03 bits per heavy atom. The molecule has 2 heterocycles. The fraction of sp³-hybridized carbons (Fsp3) is 0.379. The van der Waals surface area contributed by atoms with E-state index in [1.807, 2.05) is 55.1 Å². The maximum atomic E-state index is 13.3. The summed E-state index contributed by atoms with van der Waals surface area (Å²) >= 11 is 5.99. The van der Waals surface area contributed by atoms with Gasteiger partial charge in [0.25, 0.3) is 5.91 Å². The van der Waals surface area contributed by atoms with Crippen LogP contribution in [-0.4, -0.2) is 77.7 Å². The first kappa shape index (κ1) is 27.4. The average molecular weight is 536 g/mol. The Balaban J connectivity index is 1.39. The number of anilines is 1. The van der Waals surface area contributed by atoms with Crippen molar-refractivity contribution in [1.82, 2.24) is 20.0 Å². The normalized spacial score (nSPS) is 14.5. The van der Waals surface area contributed by atoms with Gasteiger partial charge in [-0.3, -0.25) is 9.59 Å². The Bertz CT molecular complexity index is 1240. The molecule has 8 nitrogen and oxygen atoms in total. The van der Waals surface area contributed by atoms with Crippen LogP contribution in [0.1, 0.15) is 37.0 Å². The van der Waals surface area contributed by atoms with Gasteiger partial charge in [0.2, 0.25) is 5.91 Å². The highest BCUT2D eigenvalue weighted by Gasteiger charge is 2.27. The molecule has 0 aliphatic carbocycles. The number of ether oxygens (including phenoxy) is 1. The summed E-state index contributed by atoms with van der Waals surface area (Å²) in [7, 11) is 1.64. The molecule has 1 atom stereocenters. The van der Waals surface area contributed by atoms with E-state index in [-0.39, 0.29) is 24.4 Å². The number of carbonyl (C=O) groups is 2. The largest absolute Gasteiger partial charge is 0.497 e. The van der Waals surface area contributed by atoms with Crippen molar-refractivity contribution in [2.75, 3.05) is 44.7 Å². The molecule has 0 bridgehead atoms. The topological polar surface area (TPSA) is 78.9 Å². The second-order valence-electron chi connectivity index (χ2n) is 9.43. The minimum Gasteiger partial charge on any atom is -0.497 e. The molecular weight excluding hydrogens is 502 g/mol. The van der Waals surface area contributed by atoms with E-state index in [9.17, 15) is 9.59 Å². The summed E-state index contributed by atoms with van der Waals surface area (Å²) in [5, 5.41) is 9.46. The molecule has 1 saturated heterocycles. The molecule has 2 amide bonds. The maximum absolute atomic E-state index is 13.3. The number of nitrogens with zero attached hydrogens (tertiary/aromatic N) is 5. The molecule has 1 aliphatic rings. The van der Waals surface area contributed by atoms with Crippen LogP contribution in [0, 0.1) is 0 Å². The van der Waals surface area contributed by atoms with Gasteiger partial charge in [-0.15, -0.1) is 10.2 Å². The van der Waals surface area contributed by atoms with E-state index in [2.05, 4.69) is 15.1 Å². The lowest BCUT2D eigenvalue weighted by molar-refractivity contribution is -0.132. The summed E-state index contributed by atoms with van der Waals surface area (Å²) in [4.78, 5) is 32.2. The maximum Gasteiger partial charge on any atom is 0.254 e. The van der Waals surface area contributed by atoms with Gasteiger partial charge in [0.15, 0.2) is 5.82 Å². The van der Waals surface area contributed by atoms with Crippen molar-refractivity contribution >= 4 is 29.2 Å². The molecule has 0 N–H and O–H groups in total. The van der Waals surface area contributed by atoms with Gasteiger partial charge in [0, 0.05) is 48.4 Å². The summed E-state index contributed by atoms with van der Waals surface area (Å²) < 4.78 is 5.31. The zero-order chi connectivity index (χ0) is 27.1. The Morgan fingerprint density at radius 2 is 1.82 bits per heavy atom. The van der Waals surface area contributed by atoms with Gasteiger partial charge in [0.05, 0.1) is 12.8 Å². The van der Waals surface area contributed by atoms with Crippen LogP contribution in [0.3, 0.4) is 0 Å². The molecule has 4 rings (SSSR count). The number of hydrogen-bond donors (Lipinski definition) is 0. The predicted molar refractivity (Wildman–Crippen MR) is 150 cm³/mol. The van der Waals surface area contributed by atoms with Crippen molar-refractivity contribution in [2.24, 2.45) is 0 Å². The zero-order valence-electron chi connectivity index (χ0n) is 22.1. The first-order valence-electron chi connectivity index (χ1n) is 13.0. The van der Waals surface area contributed by atoms with Gasteiger partial charge in [-0.1, -0.05) is 30.7 Å². The third-order valence-corrected chi connectivity index (χ3v) is 7.22. The molecule has 1 fully saturated rings. The van der Waals surface area contributed by atoms with Crippen LogP contribution in [0.5, 0.6) is 5.75 Å². The van der Waals surface area contributed by atoms with Gasteiger partial charge >= 0.3 is 0 Å². The Hall–Kier alpha value is -3.65. The molecule has 3 aromatic rings. The second kappa shape index (κ2) is 12.7. The smallest absolute Gasteiger partial charge is 0.254 e. The monoisotopic (exact) mass is 535 g/mol. The van der Waals surface area contributed by atoms with Crippen molar-refractivity contribution in [2.45, 2.75) is 32.7 Å². The van der Waals surface area contributed by atoms with Gasteiger partial charge in [-0.25, -0.2) is 0 Å². The van der Waals surface area contributed by atoms with Gasteiger partial charge in [0.1, 0.15) is 12.3 Å². The highest BCUT2D eigenvalue weighted by molar-refractivity contribution is 6.30. The molecular formula is C29H34ClN5O3. The zero-order valence-corrected chi connectivity index (χ0v) is 22.9. The van der Waals surface area contributed by atoms with Crippen LogP contribution in [0.4, 0.5) is 5.82 Å². The molecule has 0 spiro atoms. The summed E-state index contributed by atoms with van der Waals surface area (Å²) in [5.41, 5.74) is 2.24. The molecule has 0 unspecified atom stereocenters. The quantitative estimate of drug-likeness (QED) is 0.413. The van der Waals surface area contributed by atoms with E-state index in [0.717, 1.165) is 42.2 Å². The Kier molecular flexibility index (Phi) is 9.18. The number of halogens is 1. The fourth-order valence-corrected chi connectivity index (χ4v) is 4.60. The number of hydrogen-bond acceptors (Lipinski definition) is 6. The third-order valence-electron chi connectivity index (χ3n) is 6.97. The van der Waals surface area contributed by atoms with Crippen LogP contribution >= 0.6 is 11.6 Å². The number of carbonyl (C=O) groups excluding carboxylic acids is 2. The second-order valence-corrected chi connectivity index (χ2v) is 9.86. The van der Waals surface area contributed by atoms with Crippen molar-refractivity contribution in [1.29, 1.82) is 0 Å². The van der Waals surface area contributed by atoms with Crippen molar-refractivity contribution in [3.63, 3.8) is 0 Å². The molecule has 0 saturated carbocycles. The van der Waals surface area contributed by atoms with Crippen molar-refractivity contribution in [3.05, 3.63) is 71.2 Å². The minimum atomic E-state index is -0.160. The SMILES string of the molecule is CC[C@@H](C)N(CC(=O)N1CCCN(c2ccc(-c3cccc(OC)c3)nn2)CC1)C(=O)c1ccc(Cl)cc1. The highest BCUT2D eigenvalue weighted by atomic mass is 35.5. The fourth-order valence-electron chi connectivity index (χ4n) is 4.48. The van der Waals surface area contributed by atoms with Crippen LogP contribution in [0.2, 0.25) is 5.02 Å². The molecule has 38 heavy (non-hydrogen) atoms.